The maximum Gasteiger partial charge on any atom is 0.268 e. The molecule has 0 aliphatic rings. The van der Waals surface area contributed by atoms with Gasteiger partial charge in [0, 0.05) is 17.8 Å². The standard InChI is InChI=1S/C25H26N4O6S2/c1-5-33-22-14-18(8-9-20(22)34-10-11-35-21-12-16(2)6-7-17(21)3)13-19(15-26)23(30)27-24-28-25(29-36-24)37(4,31)32/h6-9,12-14H,5,10-11H2,1-4H3,(H,27,28,29,30)/b19-13-. The Morgan fingerprint density at radius 2 is 1.81 bits per heavy atom. The fourth-order valence-corrected chi connectivity index (χ4v) is 4.50. The van der Waals surface area contributed by atoms with Crippen LogP contribution in [0.5, 0.6) is 17.2 Å². The second-order valence-electron chi connectivity index (χ2n) is 7.88. The van der Waals surface area contributed by atoms with Gasteiger partial charge < -0.3 is 14.2 Å². The second kappa shape index (κ2) is 12.3. The molecule has 194 valence electrons. The van der Waals surface area contributed by atoms with E-state index < -0.39 is 20.9 Å². The van der Waals surface area contributed by atoms with Crippen LogP contribution in [0.25, 0.3) is 6.08 Å². The molecule has 3 aromatic rings. The average molecular weight is 543 g/mol. The number of nitrogens with one attached hydrogen (secondary N) is 1. The number of anilines is 1. The number of nitrogens with zero attached hydrogens (tertiary/aromatic N) is 3. The summed E-state index contributed by atoms with van der Waals surface area (Å²) in [6, 6.07) is 12.9. The number of carbonyl (C=O) groups is 1. The van der Waals surface area contributed by atoms with Gasteiger partial charge in [-0.3, -0.25) is 10.1 Å². The monoisotopic (exact) mass is 542 g/mol. The summed E-state index contributed by atoms with van der Waals surface area (Å²) in [4.78, 5) is 16.3. The molecule has 2 aromatic carbocycles. The number of aromatic nitrogens is 2. The number of hydrogen-bond donors (Lipinski definition) is 1. The lowest BCUT2D eigenvalue weighted by atomic mass is 10.1. The van der Waals surface area contributed by atoms with E-state index in [2.05, 4.69) is 14.7 Å². The quantitative estimate of drug-likeness (QED) is 0.216. The molecule has 1 N–H and O–H groups in total. The molecular formula is C25H26N4O6S2. The van der Waals surface area contributed by atoms with E-state index in [9.17, 15) is 18.5 Å². The van der Waals surface area contributed by atoms with Crippen LogP contribution in [0, 0.1) is 25.2 Å². The van der Waals surface area contributed by atoms with Gasteiger partial charge in [-0.1, -0.05) is 18.2 Å². The Labute approximate surface area is 219 Å². The Bertz CT molecular complexity index is 1460. The predicted octanol–water partition coefficient (Wildman–Crippen LogP) is 3.96. The number of sulfone groups is 1. The number of carbonyl (C=O) groups excluding carboxylic acids is 1. The fourth-order valence-electron chi connectivity index (χ4n) is 3.06. The maximum atomic E-state index is 12.5. The molecule has 1 heterocycles. The summed E-state index contributed by atoms with van der Waals surface area (Å²) < 4.78 is 44.1. The SMILES string of the molecule is CCOc1cc(/C=C(/C#N)C(=O)Nc2nc(S(C)(=O)=O)ns2)ccc1OCCOc1cc(C)ccc1C. The van der Waals surface area contributed by atoms with Crippen LogP contribution in [0.4, 0.5) is 5.13 Å². The number of hydrogen-bond acceptors (Lipinski definition) is 10. The van der Waals surface area contributed by atoms with Crippen LogP contribution in [0.2, 0.25) is 0 Å². The minimum absolute atomic E-state index is 0.0339. The molecule has 37 heavy (non-hydrogen) atoms. The van der Waals surface area contributed by atoms with Gasteiger partial charge in [0.05, 0.1) is 6.61 Å². The molecule has 0 saturated carbocycles. The van der Waals surface area contributed by atoms with Gasteiger partial charge in [0.15, 0.2) is 11.5 Å². The van der Waals surface area contributed by atoms with Crippen molar-refractivity contribution in [3.63, 3.8) is 0 Å². The van der Waals surface area contributed by atoms with Gasteiger partial charge in [0.25, 0.3) is 11.1 Å². The van der Waals surface area contributed by atoms with Crippen LogP contribution in [-0.4, -0.2) is 49.8 Å². The van der Waals surface area contributed by atoms with Crippen molar-refractivity contribution < 1.29 is 27.4 Å². The summed E-state index contributed by atoms with van der Waals surface area (Å²) in [5.41, 5.74) is 2.46. The first-order valence-electron chi connectivity index (χ1n) is 11.2. The lowest BCUT2D eigenvalue weighted by Gasteiger charge is -2.14. The number of amides is 1. The fraction of sp³-hybridized carbons (Fsp3) is 0.280. The number of aryl methyl sites for hydroxylation is 2. The molecule has 0 fully saturated rings. The molecule has 0 bridgehead atoms. The second-order valence-corrected chi connectivity index (χ2v) is 10.5. The molecule has 0 atom stereocenters. The van der Waals surface area contributed by atoms with Crippen LogP contribution in [0.3, 0.4) is 0 Å². The lowest BCUT2D eigenvalue weighted by Crippen LogP contribution is -2.13. The van der Waals surface area contributed by atoms with E-state index in [0.717, 1.165) is 23.1 Å². The van der Waals surface area contributed by atoms with Crippen molar-refractivity contribution in [3.8, 4) is 23.3 Å². The summed E-state index contributed by atoms with van der Waals surface area (Å²) in [7, 11) is -3.61. The normalized spacial score (nSPS) is 11.5. The molecule has 0 unspecified atom stereocenters. The Hall–Kier alpha value is -3.95. The van der Waals surface area contributed by atoms with Crippen molar-refractivity contribution in [3.05, 3.63) is 58.7 Å². The lowest BCUT2D eigenvalue weighted by molar-refractivity contribution is -0.112. The summed E-state index contributed by atoms with van der Waals surface area (Å²) in [5, 5.41) is 11.5. The third-order valence-electron chi connectivity index (χ3n) is 4.85. The number of rotatable bonds is 11. The largest absolute Gasteiger partial charge is 0.490 e. The Morgan fingerprint density at radius 3 is 2.46 bits per heavy atom. The van der Waals surface area contributed by atoms with E-state index in [-0.39, 0.29) is 17.3 Å². The molecule has 1 aromatic heterocycles. The minimum Gasteiger partial charge on any atom is -0.490 e. The van der Waals surface area contributed by atoms with E-state index in [0.29, 0.717) is 41.8 Å². The van der Waals surface area contributed by atoms with Gasteiger partial charge >= 0.3 is 0 Å². The van der Waals surface area contributed by atoms with Gasteiger partial charge in [0.1, 0.15) is 30.6 Å². The molecule has 0 aliphatic heterocycles. The number of benzene rings is 2. The molecular weight excluding hydrogens is 516 g/mol. The topological polar surface area (TPSA) is 140 Å². The summed E-state index contributed by atoms with van der Waals surface area (Å²) in [6.07, 6.45) is 2.34. The number of ether oxygens (including phenoxy) is 3. The first kappa shape index (κ1) is 27.6. The third kappa shape index (κ3) is 7.77. The van der Waals surface area contributed by atoms with Crippen LogP contribution in [-0.2, 0) is 14.6 Å². The molecule has 1 amide bonds. The van der Waals surface area contributed by atoms with E-state index in [1.165, 1.54) is 6.08 Å². The maximum absolute atomic E-state index is 12.5. The van der Waals surface area contributed by atoms with Crippen LogP contribution < -0.4 is 19.5 Å². The summed E-state index contributed by atoms with van der Waals surface area (Å²) in [5.74, 6) is 0.995. The van der Waals surface area contributed by atoms with Gasteiger partial charge in [-0.25, -0.2) is 8.42 Å². The smallest absolute Gasteiger partial charge is 0.268 e. The molecule has 0 saturated heterocycles. The molecule has 10 nitrogen and oxygen atoms in total. The predicted molar refractivity (Wildman–Crippen MR) is 140 cm³/mol. The van der Waals surface area contributed by atoms with E-state index in [1.54, 1.807) is 18.2 Å². The highest BCUT2D eigenvalue weighted by molar-refractivity contribution is 7.90. The molecule has 0 radical (unpaired) electrons. The highest BCUT2D eigenvalue weighted by atomic mass is 32.2. The van der Waals surface area contributed by atoms with Crippen molar-refractivity contribution in [2.24, 2.45) is 0 Å². The zero-order chi connectivity index (χ0) is 27.0. The Kier molecular flexibility index (Phi) is 9.21. The van der Waals surface area contributed by atoms with Crippen molar-refractivity contribution in [2.45, 2.75) is 25.9 Å². The summed E-state index contributed by atoms with van der Waals surface area (Å²) >= 11 is 0.704. The molecule has 3 rings (SSSR count). The van der Waals surface area contributed by atoms with Gasteiger partial charge in [-0.15, -0.1) is 0 Å². The molecule has 12 heteroatoms. The zero-order valence-corrected chi connectivity index (χ0v) is 22.4. The Balaban J connectivity index is 1.68. The highest BCUT2D eigenvalue weighted by Crippen LogP contribution is 2.30. The zero-order valence-electron chi connectivity index (χ0n) is 20.8. The summed E-state index contributed by atoms with van der Waals surface area (Å²) in [6.45, 7) is 6.81. The van der Waals surface area contributed by atoms with Crippen LogP contribution in [0.15, 0.2) is 47.1 Å². The van der Waals surface area contributed by atoms with Crippen molar-refractivity contribution in [1.29, 1.82) is 5.26 Å². The minimum atomic E-state index is -3.61. The number of nitriles is 1. The first-order chi connectivity index (χ1) is 17.6. The first-order valence-corrected chi connectivity index (χ1v) is 13.8. The van der Waals surface area contributed by atoms with Crippen molar-refractivity contribution in [1.82, 2.24) is 9.36 Å². The average Bonchev–Trinajstić information content (AvgIpc) is 3.32. The van der Waals surface area contributed by atoms with E-state index in [4.69, 9.17) is 14.2 Å². The van der Waals surface area contributed by atoms with Gasteiger partial charge in [-0.2, -0.15) is 14.6 Å². The van der Waals surface area contributed by atoms with Crippen LogP contribution in [0.1, 0.15) is 23.6 Å². The van der Waals surface area contributed by atoms with E-state index in [1.807, 2.05) is 45.0 Å². The van der Waals surface area contributed by atoms with Gasteiger partial charge in [0.2, 0.25) is 15.0 Å². The molecule has 0 spiro atoms. The van der Waals surface area contributed by atoms with E-state index >= 15 is 0 Å². The van der Waals surface area contributed by atoms with Crippen LogP contribution >= 0.6 is 11.5 Å². The molecule has 0 aliphatic carbocycles. The van der Waals surface area contributed by atoms with Crippen molar-refractivity contribution in [2.75, 3.05) is 31.4 Å². The third-order valence-corrected chi connectivity index (χ3v) is 6.44. The van der Waals surface area contributed by atoms with Gasteiger partial charge in [-0.05, 0) is 61.7 Å². The van der Waals surface area contributed by atoms with Crippen molar-refractivity contribution >= 4 is 38.5 Å². The highest BCUT2D eigenvalue weighted by Gasteiger charge is 2.18. The Morgan fingerprint density at radius 1 is 1.08 bits per heavy atom.